The fourth-order valence-electron chi connectivity index (χ4n) is 1.30. The Hall–Kier alpha value is -1.71. The molecule has 0 spiro atoms. The van der Waals surface area contributed by atoms with Crippen molar-refractivity contribution < 1.29 is 0 Å². The van der Waals surface area contributed by atoms with Gasteiger partial charge in [-0.3, -0.25) is 0 Å². The molecule has 0 aliphatic heterocycles. The van der Waals surface area contributed by atoms with Crippen LogP contribution >= 0.6 is 0 Å². The average molecular weight is 177 g/mol. The molecule has 0 fully saturated rings. The van der Waals surface area contributed by atoms with Crippen molar-refractivity contribution in [3.05, 3.63) is 39.8 Å². The SMILES string of the molecule is Cc1cccc(-n2[nH][nH]c2=O)c1C. The van der Waals surface area contributed by atoms with Crippen molar-refractivity contribution >= 4 is 0 Å². The molecule has 0 radical (unpaired) electrons. The summed E-state index contributed by atoms with van der Waals surface area (Å²) < 4.78 is 1.49. The third-order valence-corrected chi connectivity index (χ3v) is 2.29. The van der Waals surface area contributed by atoms with Gasteiger partial charge in [-0.1, -0.05) is 12.1 Å². The van der Waals surface area contributed by atoms with Crippen LogP contribution < -0.4 is 5.69 Å². The Morgan fingerprint density at radius 2 is 2.08 bits per heavy atom. The molecule has 1 aromatic carbocycles. The summed E-state index contributed by atoms with van der Waals surface area (Å²) in [7, 11) is 0. The molecule has 0 atom stereocenters. The quantitative estimate of drug-likeness (QED) is 0.673. The molecule has 2 N–H and O–H groups in total. The van der Waals surface area contributed by atoms with Gasteiger partial charge in [-0.25, -0.2) is 15.1 Å². The Labute approximate surface area is 75.2 Å². The molecular formula is C9H11N3O. The predicted octanol–water partition coefficient (Wildman–Crippen LogP) is 1.11. The number of hydrogen-bond donors (Lipinski definition) is 2. The van der Waals surface area contributed by atoms with Crippen LogP contribution in [0.25, 0.3) is 5.69 Å². The van der Waals surface area contributed by atoms with E-state index in [1.54, 1.807) is 0 Å². The molecule has 0 aliphatic carbocycles. The maximum Gasteiger partial charge on any atom is 0.361 e. The van der Waals surface area contributed by atoms with E-state index in [4.69, 9.17) is 0 Å². The van der Waals surface area contributed by atoms with Crippen molar-refractivity contribution in [3.8, 4) is 5.69 Å². The van der Waals surface area contributed by atoms with Crippen LogP contribution in [-0.2, 0) is 0 Å². The highest BCUT2D eigenvalue weighted by molar-refractivity contribution is 5.43. The third-order valence-electron chi connectivity index (χ3n) is 2.29. The van der Waals surface area contributed by atoms with Gasteiger partial charge in [-0.2, -0.15) is 4.68 Å². The molecule has 0 bridgehead atoms. The van der Waals surface area contributed by atoms with Crippen LogP contribution in [0, 0.1) is 13.8 Å². The number of aromatic amines is 2. The zero-order chi connectivity index (χ0) is 9.42. The molecule has 68 valence electrons. The number of H-pyrrole nitrogens is 2. The summed E-state index contributed by atoms with van der Waals surface area (Å²) in [6.07, 6.45) is 0. The molecule has 0 aliphatic rings. The molecule has 4 nitrogen and oxygen atoms in total. The second-order valence-corrected chi connectivity index (χ2v) is 3.10. The van der Waals surface area contributed by atoms with E-state index in [1.165, 1.54) is 10.2 Å². The van der Waals surface area contributed by atoms with Crippen LogP contribution in [0.4, 0.5) is 0 Å². The molecule has 4 heteroatoms. The number of nitrogens with zero attached hydrogens (tertiary/aromatic N) is 1. The lowest BCUT2D eigenvalue weighted by Gasteiger charge is -2.12. The summed E-state index contributed by atoms with van der Waals surface area (Å²) in [6.45, 7) is 4.02. The molecule has 0 saturated heterocycles. The zero-order valence-corrected chi connectivity index (χ0v) is 7.59. The van der Waals surface area contributed by atoms with Gasteiger partial charge in [0, 0.05) is 0 Å². The second-order valence-electron chi connectivity index (χ2n) is 3.10. The minimum Gasteiger partial charge on any atom is -0.244 e. The van der Waals surface area contributed by atoms with Gasteiger partial charge in [0.25, 0.3) is 0 Å². The fraction of sp³-hybridized carbons (Fsp3) is 0.222. The molecule has 0 unspecified atom stereocenters. The van der Waals surface area contributed by atoms with E-state index < -0.39 is 0 Å². The van der Waals surface area contributed by atoms with E-state index in [-0.39, 0.29) is 5.69 Å². The van der Waals surface area contributed by atoms with E-state index in [9.17, 15) is 4.79 Å². The maximum atomic E-state index is 11.0. The minimum absolute atomic E-state index is 0.117. The van der Waals surface area contributed by atoms with Gasteiger partial charge in [0.1, 0.15) is 0 Å². The lowest BCUT2D eigenvalue weighted by Crippen LogP contribution is -2.32. The van der Waals surface area contributed by atoms with Crippen molar-refractivity contribution in [2.75, 3.05) is 0 Å². The summed E-state index contributed by atoms with van der Waals surface area (Å²) in [5.41, 5.74) is 3.08. The van der Waals surface area contributed by atoms with Crippen LogP contribution in [0.5, 0.6) is 0 Å². The van der Waals surface area contributed by atoms with Crippen molar-refractivity contribution in [3.63, 3.8) is 0 Å². The smallest absolute Gasteiger partial charge is 0.244 e. The second kappa shape index (κ2) is 2.65. The highest BCUT2D eigenvalue weighted by Gasteiger charge is 2.06. The first kappa shape index (κ1) is 7.91. The summed E-state index contributed by atoms with van der Waals surface area (Å²) >= 11 is 0. The van der Waals surface area contributed by atoms with Crippen LogP contribution in [0.1, 0.15) is 11.1 Å². The fourth-order valence-corrected chi connectivity index (χ4v) is 1.30. The van der Waals surface area contributed by atoms with E-state index in [0.29, 0.717) is 0 Å². The highest BCUT2D eigenvalue weighted by atomic mass is 16.2. The largest absolute Gasteiger partial charge is 0.361 e. The summed E-state index contributed by atoms with van der Waals surface area (Å²) in [5, 5.41) is 5.15. The Morgan fingerprint density at radius 3 is 2.62 bits per heavy atom. The summed E-state index contributed by atoms with van der Waals surface area (Å²) in [5.74, 6) is 0. The van der Waals surface area contributed by atoms with Gasteiger partial charge in [0.05, 0.1) is 5.69 Å². The van der Waals surface area contributed by atoms with E-state index in [2.05, 4.69) is 10.3 Å². The lowest BCUT2D eigenvalue weighted by molar-refractivity contribution is 0.596. The number of rotatable bonds is 1. The predicted molar refractivity (Wildman–Crippen MR) is 50.2 cm³/mol. The molecule has 2 rings (SSSR count). The van der Waals surface area contributed by atoms with Crippen molar-refractivity contribution in [2.45, 2.75) is 13.8 Å². The first-order valence-corrected chi connectivity index (χ1v) is 4.12. The van der Waals surface area contributed by atoms with Gasteiger partial charge >= 0.3 is 5.69 Å². The number of hydrogen-bond acceptors (Lipinski definition) is 1. The average Bonchev–Trinajstić information content (AvgIpc) is 2.10. The Morgan fingerprint density at radius 1 is 1.31 bits per heavy atom. The van der Waals surface area contributed by atoms with Gasteiger partial charge in [0.15, 0.2) is 0 Å². The molecule has 1 aromatic heterocycles. The van der Waals surface area contributed by atoms with Crippen molar-refractivity contribution in [1.29, 1.82) is 0 Å². The van der Waals surface area contributed by atoms with Gasteiger partial charge in [-0.15, -0.1) is 0 Å². The van der Waals surface area contributed by atoms with E-state index in [0.717, 1.165) is 11.3 Å². The number of nitrogens with one attached hydrogen (secondary N) is 2. The van der Waals surface area contributed by atoms with Crippen molar-refractivity contribution in [2.24, 2.45) is 0 Å². The number of benzene rings is 1. The Kier molecular flexibility index (Phi) is 1.62. The molecule has 0 saturated carbocycles. The molecule has 13 heavy (non-hydrogen) atoms. The van der Waals surface area contributed by atoms with Crippen LogP contribution in [0.2, 0.25) is 0 Å². The lowest BCUT2D eigenvalue weighted by atomic mass is 10.1. The monoisotopic (exact) mass is 177 g/mol. The standard InChI is InChI=1S/C9H11N3O/c1-6-4-3-5-8(7(6)2)12-9(13)10-11-12/h3-5,11H,1-2H3,(H,10,13). The van der Waals surface area contributed by atoms with Gasteiger partial charge in [-0.05, 0) is 31.0 Å². The molecular weight excluding hydrogens is 166 g/mol. The summed E-state index contributed by atoms with van der Waals surface area (Å²) in [4.78, 5) is 11.0. The topological polar surface area (TPSA) is 53.6 Å². The Balaban J connectivity index is 2.62. The normalized spacial score (nSPS) is 10.6. The first-order valence-electron chi connectivity index (χ1n) is 4.12. The maximum absolute atomic E-state index is 11.0. The number of aryl methyl sites for hydroxylation is 1. The summed E-state index contributed by atoms with van der Waals surface area (Å²) in [6, 6.07) is 5.87. The molecule has 1 heterocycles. The van der Waals surface area contributed by atoms with E-state index >= 15 is 0 Å². The third kappa shape index (κ3) is 1.11. The molecule has 0 amide bonds. The van der Waals surface area contributed by atoms with Crippen molar-refractivity contribution in [1.82, 2.24) is 15.0 Å². The Bertz CT molecular complexity index is 475. The highest BCUT2D eigenvalue weighted by Crippen LogP contribution is 2.14. The zero-order valence-electron chi connectivity index (χ0n) is 7.59. The number of aromatic nitrogens is 3. The molecule has 2 aromatic rings. The first-order chi connectivity index (χ1) is 6.20. The van der Waals surface area contributed by atoms with Crippen LogP contribution in [0.3, 0.4) is 0 Å². The van der Waals surface area contributed by atoms with E-state index in [1.807, 2.05) is 32.0 Å². The van der Waals surface area contributed by atoms with Gasteiger partial charge in [0.2, 0.25) is 0 Å². The minimum atomic E-state index is -0.117. The van der Waals surface area contributed by atoms with Crippen LogP contribution in [0.15, 0.2) is 23.0 Å². The van der Waals surface area contributed by atoms with Gasteiger partial charge < -0.3 is 0 Å². The van der Waals surface area contributed by atoms with Crippen LogP contribution in [-0.4, -0.2) is 15.0 Å².